The predicted octanol–water partition coefficient (Wildman–Crippen LogP) is 7.85. The number of hydrogen-bond acceptors (Lipinski definition) is 4. The standard InChI is InChI=1S/C21H13N2O.C11H8N.Ir/c1-13-5-8-19(23-11-13)18-4-2-3-16-17-7-6-14-12-22-10-9-15(14)20(17)24-21(16)18;1-2-6-10(7-3-1)11-8-4-5-9-12-11;/h2-3,5-12H,1H3;1-6,8-9H;/q2*-1;/i1D3;;. The number of benzene rings is 3. The molecule has 0 bridgehead atoms. The van der Waals surface area contributed by atoms with Gasteiger partial charge in [0.05, 0.1) is 5.58 Å². The number of fused-ring (bicyclic) bond motifs is 5. The van der Waals surface area contributed by atoms with Crippen LogP contribution in [-0.2, 0) is 20.1 Å². The van der Waals surface area contributed by atoms with Crippen molar-refractivity contribution in [2.45, 2.75) is 6.85 Å². The third-order valence-electron chi connectivity index (χ3n) is 5.88. The molecule has 37 heavy (non-hydrogen) atoms. The van der Waals surface area contributed by atoms with Crippen molar-refractivity contribution in [3.8, 4) is 22.5 Å². The quantitative estimate of drug-likeness (QED) is 0.178. The zero-order valence-corrected chi connectivity index (χ0v) is 21.9. The molecule has 1 radical (unpaired) electrons. The van der Waals surface area contributed by atoms with E-state index in [-0.39, 0.29) is 25.7 Å². The van der Waals surface area contributed by atoms with E-state index in [4.69, 9.17) is 8.53 Å². The van der Waals surface area contributed by atoms with Crippen LogP contribution in [0, 0.1) is 19.0 Å². The number of furan rings is 1. The predicted molar refractivity (Wildman–Crippen MR) is 144 cm³/mol. The normalized spacial score (nSPS) is 12.2. The number of aryl methyl sites for hydroxylation is 1. The number of nitrogens with zero attached hydrogens (tertiary/aromatic N) is 3. The van der Waals surface area contributed by atoms with Crippen molar-refractivity contribution in [1.29, 1.82) is 0 Å². The van der Waals surface area contributed by atoms with Crippen LogP contribution in [-0.4, -0.2) is 15.0 Å². The van der Waals surface area contributed by atoms with E-state index in [9.17, 15) is 0 Å². The van der Waals surface area contributed by atoms with Crippen LogP contribution in [0.4, 0.5) is 0 Å². The van der Waals surface area contributed by atoms with Crippen LogP contribution in [0.2, 0.25) is 0 Å². The van der Waals surface area contributed by atoms with Gasteiger partial charge in [0.1, 0.15) is 5.58 Å². The molecule has 0 unspecified atom stereocenters. The van der Waals surface area contributed by atoms with Gasteiger partial charge in [-0.3, -0.25) is 4.98 Å². The summed E-state index contributed by atoms with van der Waals surface area (Å²) in [7, 11) is 0. The molecule has 7 aromatic rings. The summed E-state index contributed by atoms with van der Waals surface area (Å²) < 4.78 is 28.7. The van der Waals surface area contributed by atoms with Gasteiger partial charge in [-0.05, 0) is 35.9 Å². The maximum absolute atomic E-state index is 7.49. The topological polar surface area (TPSA) is 51.8 Å². The van der Waals surface area contributed by atoms with Gasteiger partial charge < -0.3 is 14.4 Å². The van der Waals surface area contributed by atoms with Crippen molar-refractivity contribution >= 4 is 32.7 Å². The van der Waals surface area contributed by atoms with E-state index < -0.39 is 6.85 Å². The molecule has 0 saturated carbocycles. The largest absolute Gasteiger partial charge is 0.500 e. The Morgan fingerprint density at radius 1 is 0.703 bits per heavy atom. The Balaban J connectivity index is 0.000000209. The van der Waals surface area contributed by atoms with Gasteiger partial charge in [-0.1, -0.05) is 47.3 Å². The van der Waals surface area contributed by atoms with Crippen LogP contribution < -0.4 is 0 Å². The van der Waals surface area contributed by atoms with Crippen LogP contribution in [0.15, 0.2) is 114 Å². The first kappa shape index (κ1) is 21.0. The third kappa shape index (κ3) is 4.92. The monoisotopic (exact) mass is 659 g/mol. The molecule has 0 N–H and O–H groups in total. The molecule has 4 heterocycles. The number of aromatic nitrogens is 3. The molecule has 4 aromatic heterocycles. The van der Waals surface area contributed by atoms with Crippen LogP contribution in [0.5, 0.6) is 0 Å². The van der Waals surface area contributed by atoms with Crippen molar-refractivity contribution in [2.75, 3.05) is 0 Å². The summed E-state index contributed by atoms with van der Waals surface area (Å²) in [6.07, 6.45) is 6.73. The van der Waals surface area contributed by atoms with Gasteiger partial charge in [0.2, 0.25) is 0 Å². The van der Waals surface area contributed by atoms with Gasteiger partial charge >= 0.3 is 0 Å². The third-order valence-corrected chi connectivity index (χ3v) is 5.88. The average molecular weight is 659 g/mol. The molecule has 0 fully saturated rings. The van der Waals surface area contributed by atoms with Crippen LogP contribution >= 0.6 is 0 Å². The summed E-state index contributed by atoms with van der Waals surface area (Å²) in [4.78, 5) is 12.7. The molecule has 0 amide bonds. The molecular formula is C32H21IrN3O-2. The van der Waals surface area contributed by atoms with E-state index in [1.54, 1.807) is 24.5 Å². The van der Waals surface area contributed by atoms with Gasteiger partial charge in [-0.25, -0.2) is 0 Å². The van der Waals surface area contributed by atoms with Crippen LogP contribution in [0.1, 0.15) is 9.68 Å². The van der Waals surface area contributed by atoms with Crippen LogP contribution in [0.3, 0.4) is 0 Å². The zero-order valence-electron chi connectivity index (χ0n) is 22.5. The number of rotatable bonds is 2. The molecule has 0 aliphatic carbocycles. The first-order valence-corrected chi connectivity index (χ1v) is 11.4. The molecular weight excluding hydrogens is 635 g/mol. The average Bonchev–Trinajstić information content (AvgIpc) is 3.38. The van der Waals surface area contributed by atoms with Gasteiger partial charge in [-0.15, -0.1) is 54.1 Å². The molecule has 0 saturated heterocycles. The Kier molecular flexibility index (Phi) is 6.14. The molecule has 3 aromatic carbocycles. The smallest absolute Gasteiger partial charge is 0.128 e. The maximum Gasteiger partial charge on any atom is 0.128 e. The van der Waals surface area contributed by atoms with Gasteiger partial charge in [0.15, 0.2) is 0 Å². The van der Waals surface area contributed by atoms with Crippen molar-refractivity contribution in [2.24, 2.45) is 0 Å². The Morgan fingerprint density at radius 2 is 1.62 bits per heavy atom. The van der Waals surface area contributed by atoms with Gasteiger partial charge in [0, 0.05) is 65.2 Å². The molecule has 0 aliphatic rings. The van der Waals surface area contributed by atoms with E-state index in [0.29, 0.717) is 16.8 Å². The van der Waals surface area contributed by atoms with E-state index >= 15 is 0 Å². The second kappa shape index (κ2) is 10.8. The summed E-state index contributed by atoms with van der Waals surface area (Å²) in [5, 5.41) is 3.99. The van der Waals surface area contributed by atoms with Crippen molar-refractivity contribution in [3.05, 3.63) is 127 Å². The SMILES string of the molecule is [2H]C([2H])([2H])c1ccc(-c2[c-]ccc3c2oc2c4ccncc4ccc32)nc1.[Ir].[c-]1ccccc1-c1ccccn1. The minimum absolute atomic E-state index is 0. The van der Waals surface area contributed by atoms with Crippen LogP contribution in [0.25, 0.3) is 55.2 Å². The Labute approximate surface area is 232 Å². The molecule has 181 valence electrons. The van der Waals surface area contributed by atoms with Gasteiger partial charge in [0.25, 0.3) is 0 Å². The molecule has 0 atom stereocenters. The molecule has 5 heteroatoms. The van der Waals surface area contributed by atoms with Crippen molar-refractivity contribution < 1.29 is 28.6 Å². The zero-order chi connectivity index (χ0) is 26.8. The summed E-state index contributed by atoms with van der Waals surface area (Å²) in [5.74, 6) is 0. The van der Waals surface area contributed by atoms with E-state index in [0.717, 1.165) is 38.4 Å². The first-order chi connectivity index (χ1) is 19.0. The number of pyridine rings is 3. The second-order valence-corrected chi connectivity index (χ2v) is 8.16. The number of hydrogen-bond donors (Lipinski definition) is 0. The van der Waals surface area contributed by atoms with Crippen molar-refractivity contribution in [1.82, 2.24) is 15.0 Å². The molecule has 7 rings (SSSR count). The Bertz CT molecular complexity index is 1850. The Morgan fingerprint density at radius 3 is 2.41 bits per heavy atom. The van der Waals surface area contributed by atoms with E-state index in [1.165, 1.54) is 6.20 Å². The summed E-state index contributed by atoms with van der Waals surface area (Å²) in [6, 6.07) is 33.1. The first-order valence-electron chi connectivity index (χ1n) is 12.9. The molecule has 0 aliphatic heterocycles. The van der Waals surface area contributed by atoms with E-state index in [2.05, 4.69) is 27.1 Å². The summed E-state index contributed by atoms with van der Waals surface area (Å²) in [6.45, 7) is -2.17. The van der Waals surface area contributed by atoms with Gasteiger partial charge in [-0.2, -0.15) is 0 Å². The van der Waals surface area contributed by atoms with E-state index in [1.807, 2.05) is 79.0 Å². The minimum Gasteiger partial charge on any atom is -0.500 e. The minimum atomic E-state index is -2.17. The summed E-state index contributed by atoms with van der Waals surface area (Å²) in [5.41, 5.74) is 5.04. The second-order valence-electron chi connectivity index (χ2n) is 8.16. The fraction of sp³-hybridized carbons (Fsp3) is 0.0312. The van der Waals surface area contributed by atoms with Crippen molar-refractivity contribution in [3.63, 3.8) is 0 Å². The molecule has 0 spiro atoms. The maximum atomic E-state index is 7.49. The molecule has 4 nitrogen and oxygen atoms in total. The Hall–Kier alpha value is -4.18. The fourth-order valence-corrected chi connectivity index (χ4v) is 4.17. The summed E-state index contributed by atoms with van der Waals surface area (Å²) >= 11 is 0. The fourth-order valence-electron chi connectivity index (χ4n) is 4.17.